The molecular formula is C16H9ClIN3. The number of benzene rings is 2. The van der Waals surface area contributed by atoms with E-state index in [0.29, 0.717) is 16.4 Å². The van der Waals surface area contributed by atoms with Crippen molar-refractivity contribution in [3.05, 3.63) is 62.7 Å². The highest BCUT2D eigenvalue weighted by atomic mass is 127. The van der Waals surface area contributed by atoms with Crippen LogP contribution in [0.3, 0.4) is 0 Å². The molecule has 102 valence electrons. The molecule has 0 unspecified atom stereocenters. The number of hydrogen-bond acceptors (Lipinski definition) is 3. The minimum atomic E-state index is 0.489. The summed E-state index contributed by atoms with van der Waals surface area (Å²) in [5.74, 6) is 0.513. The van der Waals surface area contributed by atoms with Gasteiger partial charge in [0.2, 0.25) is 0 Å². The van der Waals surface area contributed by atoms with Gasteiger partial charge in [-0.15, -0.1) is 0 Å². The van der Waals surface area contributed by atoms with E-state index in [-0.39, 0.29) is 0 Å². The minimum absolute atomic E-state index is 0.489. The molecule has 0 atom stereocenters. The Bertz CT molecular complexity index is 871. The molecule has 1 aromatic heterocycles. The number of rotatable bonds is 2. The lowest BCUT2D eigenvalue weighted by Gasteiger charge is -2.10. The summed E-state index contributed by atoms with van der Waals surface area (Å²) in [6.07, 6.45) is 0. The first-order valence-corrected chi connectivity index (χ1v) is 7.65. The quantitative estimate of drug-likeness (QED) is 0.603. The second-order valence-electron chi connectivity index (χ2n) is 4.44. The van der Waals surface area contributed by atoms with Crippen molar-refractivity contribution in [1.82, 2.24) is 4.98 Å². The maximum atomic E-state index is 9.31. The first-order valence-electron chi connectivity index (χ1n) is 6.19. The summed E-state index contributed by atoms with van der Waals surface area (Å²) in [4.78, 5) is 4.51. The van der Waals surface area contributed by atoms with Gasteiger partial charge >= 0.3 is 0 Å². The number of anilines is 2. The van der Waals surface area contributed by atoms with Gasteiger partial charge in [-0.1, -0.05) is 29.8 Å². The molecule has 0 fully saturated rings. The van der Waals surface area contributed by atoms with Crippen LogP contribution in [0.1, 0.15) is 5.56 Å². The molecule has 0 bridgehead atoms. The molecule has 0 aliphatic carbocycles. The van der Waals surface area contributed by atoms with Crippen LogP contribution in [0.2, 0.25) is 5.02 Å². The van der Waals surface area contributed by atoms with E-state index in [1.54, 1.807) is 0 Å². The summed E-state index contributed by atoms with van der Waals surface area (Å²) in [5.41, 5.74) is 2.06. The van der Waals surface area contributed by atoms with Crippen LogP contribution in [0.15, 0.2) is 48.5 Å². The van der Waals surface area contributed by atoms with Gasteiger partial charge in [0.15, 0.2) is 0 Å². The highest BCUT2D eigenvalue weighted by Gasteiger charge is 2.09. The Kier molecular flexibility index (Phi) is 3.95. The first kappa shape index (κ1) is 14.1. The van der Waals surface area contributed by atoms with Crippen molar-refractivity contribution in [2.45, 2.75) is 0 Å². The van der Waals surface area contributed by atoms with E-state index < -0.39 is 0 Å². The van der Waals surface area contributed by atoms with Crippen LogP contribution in [0, 0.1) is 14.9 Å². The summed E-state index contributed by atoms with van der Waals surface area (Å²) in [7, 11) is 0. The van der Waals surface area contributed by atoms with Gasteiger partial charge in [-0.3, -0.25) is 0 Å². The Morgan fingerprint density at radius 1 is 1.14 bits per heavy atom. The third kappa shape index (κ3) is 2.94. The van der Waals surface area contributed by atoms with Crippen LogP contribution in [-0.4, -0.2) is 4.98 Å². The van der Waals surface area contributed by atoms with E-state index in [0.717, 1.165) is 20.2 Å². The Labute approximate surface area is 140 Å². The number of nitrogens with one attached hydrogen (secondary N) is 1. The largest absolute Gasteiger partial charge is 0.338 e. The fourth-order valence-corrected chi connectivity index (χ4v) is 2.92. The van der Waals surface area contributed by atoms with Crippen molar-refractivity contribution in [2.24, 2.45) is 0 Å². The van der Waals surface area contributed by atoms with Gasteiger partial charge in [-0.05, 0) is 52.9 Å². The van der Waals surface area contributed by atoms with Crippen molar-refractivity contribution in [3.63, 3.8) is 0 Å². The van der Waals surface area contributed by atoms with E-state index in [2.05, 4.69) is 39.0 Å². The number of aromatic nitrogens is 1. The van der Waals surface area contributed by atoms with Gasteiger partial charge in [-0.2, -0.15) is 5.26 Å². The minimum Gasteiger partial charge on any atom is -0.338 e. The number of hydrogen-bond donors (Lipinski definition) is 1. The average molecular weight is 406 g/mol. The van der Waals surface area contributed by atoms with Crippen molar-refractivity contribution in [3.8, 4) is 6.07 Å². The highest BCUT2D eigenvalue weighted by Crippen LogP contribution is 2.29. The van der Waals surface area contributed by atoms with Crippen LogP contribution in [-0.2, 0) is 0 Å². The Hall–Kier alpha value is -1.84. The predicted octanol–water partition coefficient (Wildman–Crippen LogP) is 5.11. The third-order valence-electron chi connectivity index (χ3n) is 3.03. The summed E-state index contributed by atoms with van der Waals surface area (Å²) in [5, 5.41) is 14.0. The number of pyridine rings is 1. The summed E-state index contributed by atoms with van der Waals surface area (Å²) in [6, 6.07) is 17.4. The number of nitrogens with zero attached hydrogens (tertiary/aromatic N) is 2. The zero-order valence-electron chi connectivity index (χ0n) is 10.8. The average Bonchev–Trinajstić information content (AvgIpc) is 2.49. The number of fused-ring (bicyclic) bond motifs is 1. The summed E-state index contributed by atoms with van der Waals surface area (Å²) < 4.78 is 1.05. The predicted molar refractivity (Wildman–Crippen MR) is 93.9 cm³/mol. The number of nitriles is 1. The topological polar surface area (TPSA) is 48.7 Å². The lowest BCUT2D eigenvalue weighted by molar-refractivity contribution is 1.34. The normalized spacial score (nSPS) is 10.3. The molecule has 3 rings (SSSR count). The molecular weight excluding hydrogens is 397 g/mol. The van der Waals surface area contributed by atoms with E-state index in [1.807, 2.05) is 48.5 Å². The molecule has 21 heavy (non-hydrogen) atoms. The molecule has 0 saturated carbocycles. The monoisotopic (exact) mass is 405 g/mol. The lowest BCUT2D eigenvalue weighted by Crippen LogP contribution is -1.98. The second-order valence-corrected chi connectivity index (χ2v) is 6.09. The molecule has 3 nitrogen and oxygen atoms in total. The molecule has 5 heteroatoms. The SMILES string of the molecule is N#Cc1cc2ccccc2nc1Nc1ccc(I)cc1Cl. The fraction of sp³-hybridized carbons (Fsp3) is 0. The molecule has 1 N–H and O–H groups in total. The molecule has 0 aliphatic heterocycles. The fourth-order valence-electron chi connectivity index (χ4n) is 2.01. The standard InChI is InChI=1S/C16H9ClIN3/c17-13-8-12(18)5-6-15(13)21-16-11(9-19)7-10-3-1-2-4-14(10)20-16/h1-8H,(H,20,21). The zero-order chi connectivity index (χ0) is 14.8. The van der Waals surface area contributed by atoms with E-state index in [1.165, 1.54) is 0 Å². The number of para-hydroxylation sites is 1. The molecule has 0 spiro atoms. The summed E-state index contributed by atoms with van der Waals surface area (Å²) >= 11 is 8.41. The van der Waals surface area contributed by atoms with Gasteiger partial charge in [0.05, 0.1) is 21.8 Å². The first-order chi connectivity index (χ1) is 10.2. The zero-order valence-corrected chi connectivity index (χ0v) is 13.7. The molecule has 0 saturated heterocycles. The maximum absolute atomic E-state index is 9.31. The molecule has 1 heterocycles. The maximum Gasteiger partial charge on any atom is 0.149 e. The van der Waals surface area contributed by atoms with Crippen LogP contribution >= 0.6 is 34.2 Å². The van der Waals surface area contributed by atoms with Crippen LogP contribution in [0.25, 0.3) is 10.9 Å². The number of halogens is 2. The third-order valence-corrected chi connectivity index (χ3v) is 4.01. The van der Waals surface area contributed by atoms with Crippen molar-refractivity contribution in [2.75, 3.05) is 5.32 Å². The van der Waals surface area contributed by atoms with E-state index in [9.17, 15) is 5.26 Å². The summed E-state index contributed by atoms with van der Waals surface area (Å²) in [6.45, 7) is 0. The molecule has 0 radical (unpaired) electrons. The van der Waals surface area contributed by atoms with Gasteiger partial charge in [0.1, 0.15) is 11.9 Å². The molecule has 2 aromatic carbocycles. The van der Waals surface area contributed by atoms with Gasteiger partial charge in [0.25, 0.3) is 0 Å². The van der Waals surface area contributed by atoms with E-state index >= 15 is 0 Å². The lowest BCUT2D eigenvalue weighted by atomic mass is 10.1. The Balaban J connectivity index is 2.09. The van der Waals surface area contributed by atoms with Crippen molar-refractivity contribution < 1.29 is 0 Å². The smallest absolute Gasteiger partial charge is 0.149 e. The molecule has 3 aromatic rings. The molecule has 0 amide bonds. The van der Waals surface area contributed by atoms with Gasteiger partial charge in [0, 0.05) is 8.96 Å². The molecule has 0 aliphatic rings. The van der Waals surface area contributed by atoms with Crippen molar-refractivity contribution in [1.29, 1.82) is 5.26 Å². The van der Waals surface area contributed by atoms with Crippen LogP contribution in [0.4, 0.5) is 11.5 Å². The Morgan fingerprint density at radius 3 is 2.71 bits per heavy atom. The van der Waals surface area contributed by atoms with Crippen LogP contribution in [0.5, 0.6) is 0 Å². The Morgan fingerprint density at radius 2 is 1.95 bits per heavy atom. The second kappa shape index (κ2) is 5.88. The van der Waals surface area contributed by atoms with Gasteiger partial charge in [-0.25, -0.2) is 4.98 Å². The van der Waals surface area contributed by atoms with Crippen molar-refractivity contribution >= 4 is 56.6 Å². The highest BCUT2D eigenvalue weighted by molar-refractivity contribution is 14.1. The van der Waals surface area contributed by atoms with E-state index in [4.69, 9.17) is 11.6 Å². The van der Waals surface area contributed by atoms with Crippen LogP contribution < -0.4 is 5.32 Å². The van der Waals surface area contributed by atoms with Gasteiger partial charge < -0.3 is 5.32 Å².